The minimum Gasteiger partial charge on any atom is -0.318 e. The van der Waals surface area contributed by atoms with Gasteiger partial charge >= 0.3 is 0 Å². The van der Waals surface area contributed by atoms with E-state index in [4.69, 9.17) is 11.6 Å². The van der Waals surface area contributed by atoms with E-state index in [0.717, 1.165) is 12.8 Å². The van der Waals surface area contributed by atoms with Crippen molar-refractivity contribution < 1.29 is 8.42 Å². The predicted octanol–water partition coefficient (Wildman–Crippen LogP) is 2.02. The molecule has 1 N–H and O–H groups in total. The molecule has 0 radical (unpaired) electrons. The first-order valence-corrected chi connectivity index (χ1v) is 8.21. The van der Waals surface area contributed by atoms with Gasteiger partial charge in [-0.3, -0.25) is 0 Å². The summed E-state index contributed by atoms with van der Waals surface area (Å²) >= 11 is 5.89. The van der Waals surface area contributed by atoms with Crippen LogP contribution in [0.1, 0.15) is 18.4 Å². The molecule has 1 atom stereocenters. The minimum atomic E-state index is -3.42. The number of nitrogens with zero attached hydrogens (tertiary/aromatic N) is 1. The molecule has 1 aromatic rings. The highest BCUT2D eigenvalue weighted by Gasteiger charge is 2.35. The molecular weight excluding hydrogens is 284 g/mol. The molecule has 1 fully saturated rings. The molecule has 106 valence electrons. The van der Waals surface area contributed by atoms with Crippen LogP contribution in [-0.4, -0.2) is 38.9 Å². The van der Waals surface area contributed by atoms with E-state index in [2.05, 4.69) is 5.32 Å². The third-order valence-corrected chi connectivity index (χ3v) is 5.83. The van der Waals surface area contributed by atoms with Crippen molar-refractivity contribution in [2.45, 2.75) is 30.7 Å². The number of nitrogens with one attached hydrogen (secondary N) is 1. The van der Waals surface area contributed by atoms with Crippen molar-refractivity contribution in [2.75, 3.05) is 20.1 Å². The molecule has 1 heterocycles. The molecule has 1 aliphatic heterocycles. The number of likely N-dealkylation sites (N-methyl/N-ethyl adjacent to an activating group) is 1. The van der Waals surface area contributed by atoms with Crippen LogP contribution in [0.15, 0.2) is 23.1 Å². The van der Waals surface area contributed by atoms with Crippen LogP contribution in [0.2, 0.25) is 5.02 Å². The summed E-state index contributed by atoms with van der Waals surface area (Å²) < 4.78 is 27.0. The van der Waals surface area contributed by atoms with Crippen LogP contribution >= 0.6 is 11.6 Å². The Morgan fingerprint density at radius 3 is 2.84 bits per heavy atom. The second-order valence-corrected chi connectivity index (χ2v) is 7.17. The van der Waals surface area contributed by atoms with Crippen LogP contribution < -0.4 is 5.32 Å². The van der Waals surface area contributed by atoms with E-state index in [-0.39, 0.29) is 6.04 Å². The Morgan fingerprint density at radius 1 is 1.47 bits per heavy atom. The topological polar surface area (TPSA) is 49.4 Å². The molecule has 1 saturated heterocycles. The lowest BCUT2D eigenvalue weighted by Gasteiger charge is -2.24. The van der Waals surface area contributed by atoms with Gasteiger partial charge in [0.15, 0.2) is 0 Å². The summed E-state index contributed by atoms with van der Waals surface area (Å²) in [6.45, 7) is 3.06. The van der Waals surface area contributed by atoms with Crippen molar-refractivity contribution in [1.29, 1.82) is 0 Å². The molecule has 0 spiro atoms. The number of halogens is 1. The molecule has 0 bridgehead atoms. The second kappa shape index (κ2) is 5.79. The lowest BCUT2D eigenvalue weighted by atomic mass is 10.2. The largest absolute Gasteiger partial charge is 0.318 e. The smallest absolute Gasteiger partial charge is 0.243 e. The molecule has 6 heteroatoms. The summed E-state index contributed by atoms with van der Waals surface area (Å²) in [5.74, 6) is 0. The maximum Gasteiger partial charge on any atom is 0.243 e. The minimum absolute atomic E-state index is 0.0464. The van der Waals surface area contributed by atoms with Crippen LogP contribution in [0.25, 0.3) is 0 Å². The molecule has 1 aromatic carbocycles. The lowest BCUT2D eigenvalue weighted by molar-refractivity contribution is 0.379. The van der Waals surface area contributed by atoms with Crippen molar-refractivity contribution in [1.82, 2.24) is 9.62 Å². The first kappa shape index (κ1) is 14.8. The third kappa shape index (κ3) is 2.94. The molecule has 0 saturated carbocycles. The van der Waals surface area contributed by atoms with E-state index < -0.39 is 10.0 Å². The maximum atomic E-state index is 12.7. The van der Waals surface area contributed by atoms with E-state index in [9.17, 15) is 8.42 Å². The molecule has 2 rings (SSSR count). The SMILES string of the molecule is CNC[C@H]1CCCN1S(=O)(=O)c1ccc(Cl)cc1C. The predicted molar refractivity (Wildman–Crippen MR) is 77.0 cm³/mol. The van der Waals surface area contributed by atoms with E-state index in [1.54, 1.807) is 29.4 Å². The summed E-state index contributed by atoms with van der Waals surface area (Å²) in [5.41, 5.74) is 0.697. The van der Waals surface area contributed by atoms with Crippen LogP contribution in [0, 0.1) is 6.92 Å². The number of benzene rings is 1. The van der Waals surface area contributed by atoms with E-state index in [0.29, 0.717) is 28.6 Å². The fourth-order valence-corrected chi connectivity index (χ4v) is 4.72. The van der Waals surface area contributed by atoms with Crippen molar-refractivity contribution in [2.24, 2.45) is 0 Å². The zero-order valence-corrected chi connectivity index (χ0v) is 12.8. The van der Waals surface area contributed by atoms with Crippen molar-refractivity contribution >= 4 is 21.6 Å². The Hall–Kier alpha value is -0.620. The zero-order chi connectivity index (χ0) is 14.0. The van der Waals surface area contributed by atoms with E-state index >= 15 is 0 Å². The van der Waals surface area contributed by atoms with Crippen molar-refractivity contribution in [3.8, 4) is 0 Å². The second-order valence-electron chi connectivity index (χ2n) is 4.88. The Balaban J connectivity index is 2.36. The normalized spacial score (nSPS) is 20.9. The summed E-state index contributed by atoms with van der Waals surface area (Å²) in [7, 11) is -1.58. The number of hydrogen-bond donors (Lipinski definition) is 1. The Labute approximate surface area is 119 Å². The molecule has 0 aliphatic carbocycles. The number of sulfonamides is 1. The standard InChI is InChI=1S/C13H19ClN2O2S/c1-10-8-11(14)5-6-13(10)19(17,18)16-7-3-4-12(16)9-15-2/h5-6,8,12,15H,3-4,7,9H2,1-2H3/t12-/m1/s1. The van der Waals surface area contributed by atoms with Gasteiger partial charge in [0, 0.05) is 24.2 Å². The van der Waals surface area contributed by atoms with Crippen LogP contribution in [-0.2, 0) is 10.0 Å². The van der Waals surface area contributed by atoms with Gasteiger partial charge in [0.1, 0.15) is 0 Å². The van der Waals surface area contributed by atoms with Gasteiger partial charge in [-0.05, 0) is 50.6 Å². The summed E-state index contributed by atoms with van der Waals surface area (Å²) in [6.07, 6.45) is 1.82. The Bertz CT molecular complexity index is 560. The van der Waals surface area contributed by atoms with Crippen LogP contribution in [0.5, 0.6) is 0 Å². The summed E-state index contributed by atoms with van der Waals surface area (Å²) in [5, 5.41) is 3.62. The number of aryl methyl sites for hydroxylation is 1. The molecule has 0 unspecified atom stereocenters. The first-order valence-electron chi connectivity index (χ1n) is 6.39. The van der Waals surface area contributed by atoms with Gasteiger partial charge in [-0.15, -0.1) is 0 Å². The van der Waals surface area contributed by atoms with Gasteiger partial charge < -0.3 is 5.32 Å². The van der Waals surface area contributed by atoms with E-state index in [1.807, 2.05) is 7.05 Å². The van der Waals surface area contributed by atoms with Gasteiger partial charge in [0.05, 0.1) is 4.90 Å². The zero-order valence-electron chi connectivity index (χ0n) is 11.2. The number of hydrogen-bond acceptors (Lipinski definition) is 3. The third-order valence-electron chi connectivity index (χ3n) is 3.49. The summed E-state index contributed by atoms with van der Waals surface area (Å²) in [4.78, 5) is 0.361. The van der Waals surface area contributed by atoms with Gasteiger partial charge in [-0.25, -0.2) is 8.42 Å². The van der Waals surface area contributed by atoms with E-state index in [1.165, 1.54) is 0 Å². The number of rotatable bonds is 4. The average Bonchev–Trinajstić information content (AvgIpc) is 2.78. The molecule has 0 aromatic heterocycles. The average molecular weight is 303 g/mol. The molecule has 1 aliphatic rings. The molecule has 0 amide bonds. The van der Waals surface area contributed by atoms with Crippen LogP contribution in [0.4, 0.5) is 0 Å². The monoisotopic (exact) mass is 302 g/mol. The summed E-state index contributed by atoms with van der Waals surface area (Å²) in [6, 6.07) is 4.97. The van der Waals surface area contributed by atoms with Gasteiger partial charge in [-0.2, -0.15) is 4.31 Å². The quantitative estimate of drug-likeness (QED) is 0.926. The first-order chi connectivity index (χ1) is 8.96. The Morgan fingerprint density at radius 2 is 2.21 bits per heavy atom. The fourth-order valence-electron chi connectivity index (χ4n) is 2.59. The highest BCUT2D eigenvalue weighted by atomic mass is 35.5. The highest BCUT2D eigenvalue weighted by Crippen LogP contribution is 2.28. The maximum absolute atomic E-state index is 12.7. The van der Waals surface area contributed by atoms with Gasteiger partial charge in [0.25, 0.3) is 0 Å². The van der Waals surface area contributed by atoms with Crippen molar-refractivity contribution in [3.05, 3.63) is 28.8 Å². The highest BCUT2D eigenvalue weighted by molar-refractivity contribution is 7.89. The fraction of sp³-hybridized carbons (Fsp3) is 0.538. The van der Waals surface area contributed by atoms with Gasteiger partial charge in [-0.1, -0.05) is 11.6 Å². The Kier molecular flexibility index (Phi) is 4.50. The lowest BCUT2D eigenvalue weighted by Crippen LogP contribution is -2.40. The molecular formula is C13H19ClN2O2S. The molecule has 4 nitrogen and oxygen atoms in total. The van der Waals surface area contributed by atoms with Crippen molar-refractivity contribution in [3.63, 3.8) is 0 Å². The molecule has 19 heavy (non-hydrogen) atoms. The van der Waals surface area contributed by atoms with Gasteiger partial charge in [0.2, 0.25) is 10.0 Å². The van der Waals surface area contributed by atoms with Crippen LogP contribution in [0.3, 0.4) is 0 Å².